The van der Waals surface area contributed by atoms with Crippen molar-refractivity contribution in [1.82, 2.24) is 25.1 Å². The van der Waals surface area contributed by atoms with Crippen LogP contribution in [0.1, 0.15) is 28.8 Å². The Morgan fingerprint density at radius 2 is 1.79 bits per heavy atom. The van der Waals surface area contributed by atoms with Crippen LogP contribution in [0.5, 0.6) is 0 Å². The summed E-state index contributed by atoms with van der Waals surface area (Å²) >= 11 is 12.2. The molecule has 9 heteroatoms. The molecule has 28 heavy (non-hydrogen) atoms. The van der Waals surface area contributed by atoms with Gasteiger partial charge in [0.2, 0.25) is 0 Å². The monoisotopic (exact) mass is 417 g/mol. The Morgan fingerprint density at radius 3 is 2.43 bits per heavy atom. The summed E-state index contributed by atoms with van der Waals surface area (Å²) in [6, 6.07) is 12.2. The molecule has 3 aromatic rings. The third-order valence-corrected chi connectivity index (χ3v) is 5.63. The summed E-state index contributed by atoms with van der Waals surface area (Å²) in [5.74, 6) is -0.182. The SMILES string of the molecule is O=C(c1cc(-n2cnnn2)ccc1Cl)N1CCC(O)(c2ccc(Cl)cc2)CC1. The molecule has 0 spiro atoms. The Bertz CT molecular complexity index is 984. The molecule has 0 saturated carbocycles. The smallest absolute Gasteiger partial charge is 0.255 e. The first-order chi connectivity index (χ1) is 13.5. The van der Waals surface area contributed by atoms with E-state index in [9.17, 15) is 9.90 Å². The topological polar surface area (TPSA) is 84.1 Å². The molecule has 1 N–H and O–H groups in total. The molecular formula is C19H17Cl2N5O2. The highest BCUT2D eigenvalue weighted by atomic mass is 35.5. The third kappa shape index (κ3) is 3.61. The van der Waals surface area contributed by atoms with Gasteiger partial charge in [-0.1, -0.05) is 35.3 Å². The van der Waals surface area contributed by atoms with Gasteiger partial charge in [0.1, 0.15) is 6.33 Å². The number of piperidine rings is 1. The molecule has 1 aliphatic rings. The van der Waals surface area contributed by atoms with Gasteiger partial charge < -0.3 is 10.0 Å². The second-order valence-corrected chi connectivity index (χ2v) is 7.59. The van der Waals surface area contributed by atoms with Gasteiger partial charge in [-0.3, -0.25) is 4.79 Å². The fourth-order valence-corrected chi connectivity index (χ4v) is 3.72. The first kappa shape index (κ1) is 18.9. The van der Waals surface area contributed by atoms with E-state index in [0.717, 1.165) is 5.56 Å². The highest BCUT2D eigenvalue weighted by Gasteiger charge is 2.36. The Hall–Kier alpha value is -2.48. The Kier molecular flexibility index (Phi) is 5.05. The van der Waals surface area contributed by atoms with E-state index in [-0.39, 0.29) is 5.91 Å². The lowest BCUT2D eigenvalue weighted by molar-refractivity contribution is -0.0211. The molecule has 1 saturated heterocycles. The lowest BCUT2D eigenvalue weighted by Gasteiger charge is -2.38. The molecule has 1 aromatic heterocycles. The van der Waals surface area contributed by atoms with Gasteiger partial charge in [-0.2, -0.15) is 0 Å². The van der Waals surface area contributed by atoms with Gasteiger partial charge in [-0.05, 0) is 59.2 Å². The molecule has 1 amide bonds. The number of benzene rings is 2. The number of tetrazole rings is 1. The fraction of sp³-hybridized carbons (Fsp3) is 0.263. The van der Waals surface area contributed by atoms with Crippen LogP contribution in [0, 0.1) is 0 Å². The van der Waals surface area contributed by atoms with Crippen molar-refractivity contribution in [2.75, 3.05) is 13.1 Å². The van der Waals surface area contributed by atoms with E-state index in [1.165, 1.54) is 11.0 Å². The molecule has 4 rings (SSSR count). The van der Waals surface area contributed by atoms with Gasteiger partial charge in [0.25, 0.3) is 5.91 Å². The van der Waals surface area contributed by atoms with Crippen LogP contribution in [0.15, 0.2) is 48.8 Å². The van der Waals surface area contributed by atoms with Crippen molar-refractivity contribution >= 4 is 29.1 Å². The summed E-state index contributed by atoms with van der Waals surface area (Å²) in [5, 5.41) is 23.0. The summed E-state index contributed by atoms with van der Waals surface area (Å²) in [4.78, 5) is 14.7. The van der Waals surface area contributed by atoms with Crippen molar-refractivity contribution in [3.63, 3.8) is 0 Å². The van der Waals surface area contributed by atoms with Crippen LogP contribution >= 0.6 is 23.2 Å². The standard InChI is InChI=1S/C19H17Cl2N5O2/c20-14-3-1-13(2-4-14)19(28)7-9-25(10-8-19)18(27)16-11-15(5-6-17(16)21)26-12-22-23-24-26/h1-6,11-12,28H,7-10H2. The van der Waals surface area contributed by atoms with Crippen LogP contribution in [0.3, 0.4) is 0 Å². The maximum absolute atomic E-state index is 13.0. The van der Waals surface area contributed by atoms with E-state index in [2.05, 4.69) is 15.5 Å². The van der Waals surface area contributed by atoms with E-state index in [1.54, 1.807) is 35.2 Å². The van der Waals surface area contributed by atoms with Gasteiger partial charge in [0.15, 0.2) is 0 Å². The molecular weight excluding hydrogens is 401 g/mol. The van der Waals surface area contributed by atoms with Gasteiger partial charge in [-0.15, -0.1) is 5.10 Å². The largest absolute Gasteiger partial charge is 0.385 e. The molecule has 1 aliphatic heterocycles. The molecule has 1 fully saturated rings. The molecule has 0 unspecified atom stereocenters. The maximum atomic E-state index is 13.0. The number of aliphatic hydroxyl groups is 1. The summed E-state index contributed by atoms with van der Waals surface area (Å²) in [6.07, 6.45) is 2.32. The average molecular weight is 418 g/mol. The van der Waals surface area contributed by atoms with E-state index in [4.69, 9.17) is 23.2 Å². The maximum Gasteiger partial charge on any atom is 0.255 e. The zero-order valence-electron chi connectivity index (χ0n) is 14.8. The summed E-state index contributed by atoms with van der Waals surface area (Å²) in [6.45, 7) is 0.840. The minimum Gasteiger partial charge on any atom is -0.385 e. The minimum absolute atomic E-state index is 0.182. The number of rotatable bonds is 3. The quantitative estimate of drug-likeness (QED) is 0.707. The Balaban J connectivity index is 1.51. The van der Waals surface area contributed by atoms with Gasteiger partial charge in [-0.25, -0.2) is 4.68 Å². The number of hydrogen-bond donors (Lipinski definition) is 1. The number of aromatic nitrogens is 4. The van der Waals surface area contributed by atoms with Gasteiger partial charge >= 0.3 is 0 Å². The number of likely N-dealkylation sites (tertiary alicyclic amines) is 1. The van der Waals surface area contributed by atoms with E-state index in [1.807, 2.05) is 12.1 Å². The molecule has 2 heterocycles. The van der Waals surface area contributed by atoms with Crippen molar-refractivity contribution in [2.24, 2.45) is 0 Å². The predicted octanol–water partition coefficient (Wildman–Crippen LogP) is 3.09. The zero-order chi connectivity index (χ0) is 19.7. The lowest BCUT2D eigenvalue weighted by Crippen LogP contribution is -2.45. The minimum atomic E-state index is -0.973. The van der Waals surface area contributed by atoms with Crippen LogP contribution in [-0.2, 0) is 5.60 Å². The van der Waals surface area contributed by atoms with Crippen molar-refractivity contribution in [3.05, 3.63) is 70.0 Å². The number of hydrogen-bond acceptors (Lipinski definition) is 5. The van der Waals surface area contributed by atoms with Crippen LogP contribution in [-0.4, -0.2) is 49.2 Å². The van der Waals surface area contributed by atoms with Crippen LogP contribution in [0.25, 0.3) is 5.69 Å². The molecule has 0 aliphatic carbocycles. The molecule has 2 aromatic carbocycles. The lowest BCUT2D eigenvalue weighted by atomic mass is 9.84. The van der Waals surface area contributed by atoms with Crippen LogP contribution in [0.2, 0.25) is 10.0 Å². The number of carbonyl (C=O) groups is 1. The van der Waals surface area contributed by atoms with E-state index < -0.39 is 5.60 Å². The second-order valence-electron chi connectivity index (χ2n) is 6.75. The Labute approximate surface area is 171 Å². The molecule has 0 bridgehead atoms. The van der Waals surface area contributed by atoms with Crippen molar-refractivity contribution < 1.29 is 9.90 Å². The van der Waals surface area contributed by atoms with E-state index >= 15 is 0 Å². The fourth-order valence-electron chi connectivity index (χ4n) is 3.40. The van der Waals surface area contributed by atoms with Crippen molar-refractivity contribution in [2.45, 2.75) is 18.4 Å². The normalized spacial score (nSPS) is 16.2. The Morgan fingerprint density at radius 1 is 1.07 bits per heavy atom. The van der Waals surface area contributed by atoms with Crippen molar-refractivity contribution in [1.29, 1.82) is 0 Å². The number of carbonyl (C=O) groups excluding carboxylic acids is 1. The molecule has 144 valence electrons. The highest BCUT2D eigenvalue weighted by Crippen LogP contribution is 2.34. The number of halogens is 2. The first-order valence-electron chi connectivity index (χ1n) is 8.77. The zero-order valence-corrected chi connectivity index (χ0v) is 16.3. The van der Waals surface area contributed by atoms with Crippen molar-refractivity contribution in [3.8, 4) is 5.69 Å². The van der Waals surface area contributed by atoms with E-state index in [0.29, 0.717) is 47.2 Å². The number of amides is 1. The summed E-state index contributed by atoms with van der Waals surface area (Å²) in [7, 11) is 0. The molecule has 0 atom stereocenters. The van der Waals surface area contributed by atoms with Crippen LogP contribution in [0.4, 0.5) is 0 Å². The summed E-state index contributed by atoms with van der Waals surface area (Å²) in [5.41, 5.74) is 0.862. The average Bonchev–Trinajstić information content (AvgIpc) is 3.24. The third-order valence-electron chi connectivity index (χ3n) is 5.05. The molecule has 7 nitrogen and oxygen atoms in total. The molecule has 0 radical (unpaired) electrons. The number of nitrogens with zero attached hydrogens (tertiary/aromatic N) is 5. The van der Waals surface area contributed by atoms with Gasteiger partial charge in [0, 0.05) is 18.1 Å². The second kappa shape index (κ2) is 7.50. The van der Waals surface area contributed by atoms with Gasteiger partial charge in [0.05, 0.1) is 21.9 Å². The highest BCUT2D eigenvalue weighted by molar-refractivity contribution is 6.34. The predicted molar refractivity (Wildman–Crippen MR) is 105 cm³/mol. The summed E-state index contributed by atoms with van der Waals surface area (Å²) < 4.78 is 1.46. The first-order valence-corrected chi connectivity index (χ1v) is 9.52. The van der Waals surface area contributed by atoms with Crippen LogP contribution < -0.4 is 0 Å².